The van der Waals surface area contributed by atoms with Crippen molar-refractivity contribution in [1.29, 1.82) is 0 Å². The van der Waals surface area contributed by atoms with E-state index in [0.717, 1.165) is 18.2 Å². The summed E-state index contributed by atoms with van der Waals surface area (Å²) in [5.74, 6) is -1.36. The van der Waals surface area contributed by atoms with Gasteiger partial charge in [0.15, 0.2) is 0 Å². The van der Waals surface area contributed by atoms with Gasteiger partial charge in [0.1, 0.15) is 11.6 Å². The lowest BCUT2D eigenvalue weighted by molar-refractivity contribution is -0.142. The average molecular weight is 438 g/mol. The minimum absolute atomic E-state index is 0.0486. The van der Waals surface area contributed by atoms with Crippen LogP contribution in [0.5, 0.6) is 5.75 Å². The van der Waals surface area contributed by atoms with E-state index in [1.54, 1.807) is 13.8 Å². The van der Waals surface area contributed by atoms with Crippen LogP contribution in [-0.2, 0) is 25.3 Å². The molecular formula is C22H29BF2O6. The summed E-state index contributed by atoms with van der Waals surface area (Å²) in [5.41, 5.74) is -1.17. The number of benzene rings is 1. The molecule has 0 saturated carbocycles. The van der Waals surface area contributed by atoms with E-state index in [1.165, 1.54) is 6.07 Å². The van der Waals surface area contributed by atoms with Gasteiger partial charge in [0.25, 0.3) is 6.01 Å². The van der Waals surface area contributed by atoms with Crippen molar-refractivity contribution in [1.82, 2.24) is 0 Å². The number of carbonyl (C=O) groups excluding carboxylic acids is 1. The fourth-order valence-electron chi connectivity index (χ4n) is 2.87. The van der Waals surface area contributed by atoms with E-state index in [4.69, 9.17) is 18.8 Å². The summed E-state index contributed by atoms with van der Waals surface area (Å²) < 4.78 is 50.4. The lowest BCUT2D eigenvalue weighted by Gasteiger charge is -2.32. The zero-order valence-corrected chi connectivity index (χ0v) is 18.8. The van der Waals surface area contributed by atoms with Crippen LogP contribution in [0.3, 0.4) is 0 Å². The van der Waals surface area contributed by atoms with Gasteiger partial charge in [0, 0.05) is 23.5 Å². The second kappa shape index (κ2) is 9.83. The normalized spacial score (nSPS) is 18.6. The van der Waals surface area contributed by atoms with Crippen LogP contribution in [0, 0.1) is 5.82 Å². The molecule has 1 aromatic carbocycles. The number of halogens is 2. The predicted molar refractivity (Wildman–Crippen MR) is 113 cm³/mol. The highest BCUT2D eigenvalue weighted by atomic mass is 19.1. The number of hydrogen-bond acceptors (Lipinski definition) is 6. The topological polar surface area (TPSA) is 74.2 Å². The Morgan fingerprint density at radius 2 is 1.81 bits per heavy atom. The predicted octanol–water partition coefficient (Wildman–Crippen LogP) is 4.97. The van der Waals surface area contributed by atoms with Gasteiger partial charge in [0.05, 0.1) is 30.0 Å². The van der Waals surface area contributed by atoms with Crippen molar-refractivity contribution >= 4 is 13.1 Å². The van der Waals surface area contributed by atoms with Crippen molar-refractivity contribution < 1.29 is 37.5 Å². The van der Waals surface area contributed by atoms with Crippen LogP contribution in [0.1, 0.15) is 53.5 Å². The Kier molecular flexibility index (Phi) is 7.89. The van der Waals surface area contributed by atoms with Crippen LogP contribution in [0.4, 0.5) is 8.78 Å². The molecule has 31 heavy (non-hydrogen) atoms. The number of allylic oxidation sites excluding steroid dienone is 3. The number of ether oxygens (including phenoxy) is 2. The van der Waals surface area contributed by atoms with Gasteiger partial charge in [-0.2, -0.15) is 4.39 Å². The van der Waals surface area contributed by atoms with Gasteiger partial charge in [-0.05, 0) is 52.8 Å². The molecule has 9 heteroatoms. The Hall–Kier alpha value is -2.39. The first-order valence-electron chi connectivity index (χ1n) is 10.2. The number of aliphatic hydroxyl groups excluding tert-OH is 1. The third-order valence-electron chi connectivity index (χ3n) is 5.31. The SMILES string of the molecule is CCOC(=O)Cc1cc(F)ccc1O/C(F)=C/C(B1OC(C)(C)C(C)(C)O1)=C(/O)CC. The van der Waals surface area contributed by atoms with Gasteiger partial charge in [0.2, 0.25) is 0 Å². The molecule has 170 valence electrons. The fraction of sp³-hybridized carbons (Fsp3) is 0.500. The highest BCUT2D eigenvalue weighted by Crippen LogP contribution is 2.39. The highest BCUT2D eigenvalue weighted by molar-refractivity contribution is 6.55. The Balaban J connectivity index is 2.31. The molecule has 1 fully saturated rings. The van der Waals surface area contributed by atoms with Crippen molar-refractivity contribution in [3.05, 3.63) is 52.9 Å². The van der Waals surface area contributed by atoms with Crippen LogP contribution < -0.4 is 4.74 Å². The lowest BCUT2D eigenvalue weighted by Crippen LogP contribution is -2.41. The van der Waals surface area contributed by atoms with Gasteiger partial charge >= 0.3 is 13.1 Å². The zero-order chi connectivity index (χ0) is 23.4. The maximum atomic E-state index is 14.8. The lowest BCUT2D eigenvalue weighted by atomic mass is 9.76. The van der Waals surface area contributed by atoms with Gasteiger partial charge < -0.3 is 23.9 Å². The second-order valence-corrected chi connectivity index (χ2v) is 8.13. The van der Waals surface area contributed by atoms with E-state index < -0.39 is 36.1 Å². The Morgan fingerprint density at radius 3 is 2.35 bits per heavy atom. The van der Waals surface area contributed by atoms with Gasteiger partial charge in [-0.3, -0.25) is 4.79 Å². The molecule has 0 unspecified atom stereocenters. The minimum Gasteiger partial charge on any atom is -0.513 e. The largest absolute Gasteiger partial charge is 0.513 e. The monoisotopic (exact) mass is 438 g/mol. The molecule has 1 heterocycles. The number of esters is 1. The molecule has 2 rings (SSSR count). The molecule has 1 saturated heterocycles. The van der Waals surface area contributed by atoms with E-state index in [-0.39, 0.29) is 42.0 Å². The van der Waals surface area contributed by atoms with Crippen LogP contribution in [0.15, 0.2) is 41.5 Å². The van der Waals surface area contributed by atoms with Crippen LogP contribution >= 0.6 is 0 Å². The standard InChI is InChI=1S/C22H29BF2O6/c1-7-17(26)16(23-30-21(3,4)22(5,6)31-23)13-19(25)29-18-10-9-15(24)11-14(18)12-20(27)28-8-2/h9-11,13,26H,7-8,12H2,1-6H3/b17-16-,19-13+. The second-order valence-electron chi connectivity index (χ2n) is 8.13. The highest BCUT2D eigenvalue weighted by Gasteiger charge is 2.52. The number of carbonyl (C=O) groups is 1. The minimum atomic E-state index is -1.08. The summed E-state index contributed by atoms with van der Waals surface area (Å²) >= 11 is 0. The molecule has 0 amide bonds. The summed E-state index contributed by atoms with van der Waals surface area (Å²) in [4.78, 5) is 11.8. The van der Waals surface area contributed by atoms with Crippen LogP contribution in [0.25, 0.3) is 0 Å². The Labute approximate surface area is 182 Å². The van der Waals surface area contributed by atoms with Crippen molar-refractivity contribution in [2.24, 2.45) is 0 Å². The first-order valence-corrected chi connectivity index (χ1v) is 10.2. The maximum absolute atomic E-state index is 14.8. The zero-order valence-electron chi connectivity index (χ0n) is 18.8. The van der Waals surface area contributed by atoms with Gasteiger partial charge in [-0.15, -0.1) is 0 Å². The van der Waals surface area contributed by atoms with Gasteiger partial charge in [-0.25, -0.2) is 4.39 Å². The number of rotatable bonds is 8. The molecule has 0 bridgehead atoms. The van der Waals surface area contributed by atoms with E-state index in [9.17, 15) is 18.7 Å². The fourth-order valence-corrected chi connectivity index (χ4v) is 2.87. The third kappa shape index (κ3) is 6.07. The van der Waals surface area contributed by atoms with Crippen LogP contribution in [0.2, 0.25) is 0 Å². The third-order valence-corrected chi connectivity index (χ3v) is 5.31. The molecule has 1 aromatic rings. The molecule has 6 nitrogen and oxygen atoms in total. The molecule has 1 aliphatic rings. The average Bonchev–Trinajstić information content (AvgIpc) is 2.88. The van der Waals surface area contributed by atoms with E-state index in [1.807, 2.05) is 27.7 Å². The molecular weight excluding hydrogens is 409 g/mol. The van der Waals surface area contributed by atoms with Crippen molar-refractivity contribution in [3.8, 4) is 5.75 Å². The van der Waals surface area contributed by atoms with Crippen molar-refractivity contribution in [2.45, 2.75) is 65.6 Å². The van der Waals surface area contributed by atoms with E-state index >= 15 is 0 Å². The molecule has 0 aliphatic carbocycles. The Bertz CT molecular complexity index is 863. The Morgan fingerprint density at radius 1 is 1.19 bits per heavy atom. The van der Waals surface area contributed by atoms with Crippen molar-refractivity contribution in [3.63, 3.8) is 0 Å². The summed E-state index contributed by atoms with van der Waals surface area (Å²) in [7, 11) is -1.01. The van der Waals surface area contributed by atoms with E-state index in [2.05, 4.69) is 0 Å². The van der Waals surface area contributed by atoms with E-state index in [0.29, 0.717) is 0 Å². The molecule has 0 spiro atoms. The smallest absolute Gasteiger partial charge is 0.498 e. The molecule has 0 aromatic heterocycles. The first kappa shape index (κ1) is 24.9. The summed E-state index contributed by atoms with van der Waals surface area (Å²) in [6.07, 6.45) is 0.903. The van der Waals surface area contributed by atoms with Crippen LogP contribution in [-0.4, -0.2) is 36.0 Å². The number of hydrogen-bond donors (Lipinski definition) is 1. The summed E-state index contributed by atoms with van der Waals surface area (Å²) in [6.45, 7) is 10.9. The maximum Gasteiger partial charge on any atom is 0.498 e. The number of aliphatic hydroxyl groups is 1. The van der Waals surface area contributed by atoms with Crippen molar-refractivity contribution in [2.75, 3.05) is 6.61 Å². The molecule has 1 aliphatic heterocycles. The molecule has 0 radical (unpaired) electrons. The molecule has 1 N–H and O–H groups in total. The van der Waals surface area contributed by atoms with Gasteiger partial charge in [-0.1, -0.05) is 6.92 Å². The summed E-state index contributed by atoms with van der Waals surface area (Å²) in [5, 5.41) is 10.3. The molecule has 0 atom stereocenters. The first-order chi connectivity index (χ1) is 14.4. The summed E-state index contributed by atoms with van der Waals surface area (Å²) in [6, 6.07) is 2.30. The quantitative estimate of drug-likeness (QED) is 0.267.